The summed E-state index contributed by atoms with van der Waals surface area (Å²) in [5, 5.41) is 0.987. The van der Waals surface area contributed by atoms with Crippen LogP contribution >= 0.6 is 11.3 Å². The van der Waals surface area contributed by atoms with Crippen LogP contribution in [0.2, 0.25) is 0 Å². The quantitative estimate of drug-likeness (QED) is 0.829. The molecule has 2 aromatic rings. The van der Waals surface area contributed by atoms with Gasteiger partial charge in [0.05, 0.1) is 10.6 Å². The van der Waals surface area contributed by atoms with Gasteiger partial charge in [-0.2, -0.15) is 0 Å². The third-order valence-electron chi connectivity index (χ3n) is 3.61. The highest BCUT2D eigenvalue weighted by molar-refractivity contribution is 7.17. The van der Waals surface area contributed by atoms with Crippen molar-refractivity contribution in [2.45, 2.75) is 39.5 Å². The van der Waals surface area contributed by atoms with Gasteiger partial charge in [-0.15, -0.1) is 11.3 Å². The maximum absolute atomic E-state index is 11.9. The van der Waals surface area contributed by atoms with E-state index in [-0.39, 0.29) is 5.78 Å². The molecule has 3 heteroatoms. The van der Waals surface area contributed by atoms with Crippen LogP contribution in [0.1, 0.15) is 47.6 Å². The average molecular weight is 285 g/mol. The molecule has 0 aliphatic heterocycles. The maximum Gasteiger partial charge on any atom is 0.174 e. The number of rotatable bonds is 3. The molecule has 0 fully saturated rings. The zero-order chi connectivity index (χ0) is 14.1. The zero-order valence-electron chi connectivity index (χ0n) is 12.0. The van der Waals surface area contributed by atoms with Gasteiger partial charge in [0.25, 0.3) is 0 Å². The number of carbonyl (C=O) groups excluding carboxylic acids is 1. The van der Waals surface area contributed by atoms with E-state index >= 15 is 0 Å². The lowest BCUT2D eigenvalue weighted by Crippen LogP contribution is -2.07. The van der Waals surface area contributed by atoms with E-state index in [4.69, 9.17) is 0 Å². The van der Waals surface area contributed by atoms with E-state index in [0.717, 1.165) is 40.4 Å². The minimum atomic E-state index is 0.270. The van der Waals surface area contributed by atoms with Crippen molar-refractivity contribution in [3.8, 4) is 10.6 Å². The molecule has 1 aliphatic rings. The number of benzene rings is 1. The molecule has 0 N–H and O–H groups in total. The van der Waals surface area contributed by atoms with E-state index in [1.54, 1.807) is 11.3 Å². The Morgan fingerprint density at radius 2 is 1.95 bits per heavy atom. The van der Waals surface area contributed by atoms with E-state index in [9.17, 15) is 4.79 Å². The number of fused-ring (bicyclic) bond motifs is 1. The van der Waals surface area contributed by atoms with E-state index in [1.165, 1.54) is 5.56 Å². The van der Waals surface area contributed by atoms with Gasteiger partial charge in [-0.3, -0.25) is 4.79 Å². The van der Waals surface area contributed by atoms with Crippen LogP contribution < -0.4 is 0 Å². The molecule has 0 saturated heterocycles. The minimum Gasteiger partial charge on any atom is -0.293 e. The number of ketones is 1. The Labute approximate surface area is 123 Å². The molecule has 3 rings (SSSR count). The van der Waals surface area contributed by atoms with Crippen LogP contribution in [0.25, 0.3) is 10.6 Å². The molecule has 0 radical (unpaired) electrons. The smallest absolute Gasteiger partial charge is 0.174 e. The SMILES string of the molecule is CC(C)Cc1ccc(-c2nc3c(s2)C(=O)CCC3)cc1. The number of thiazole rings is 1. The summed E-state index contributed by atoms with van der Waals surface area (Å²) in [5.74, 6) is 0.942. The van der Waals surface area contributed by atoms with E-state index in [1.807, 2.05) is 0 Å². The predicted molar refractivity (Wildman–Crippen MR) is 83.4 cm³/mol. The first-order valence-electron chi connectivity index (χ1n) is 7.25. The molecule has 0 saturated carbocycles. The molecule has 0 unspecified atom stereocenters. The van der Waals surface area contributed by atoms with Crippen molar-refractivity contribution in [3.63, 3.8) is 0 Å². The Morgan fingerprint density at radius 1 is 1.20 bits per heavy atom. The van der Waals surface area contributed by atoms with Crippen molar-refractivity contribution in [2.24, 2.45) is 5.92 Å². The monoisotopic (exact) mass is 285 g/mol. The van der Waals surface area contributed by atoms with Gasteiger partial charge in [0.15, 0.2) is 5.78 Å². The van der Waals surface area contributed by atoms with Crippen molar-refractivity contribution in [3.05, 3.63) is 40.4 Å². The number of hydrogen-bond donors (Lipinski definition) is 0. The molecule has 20 heavy (non-hydrogen) atoms. The molecule has 0 atom stereocenters. The van der Waals surface area contributed by atoms with Crippen LogP contribution in [0.4, 0.5) is 0 Å². The third-order valence-corrected chi connectivity index (χ3v) is 4.80. The highest BCUT2D eigenvalue weighted by Gasteiger charge is 2.22. The number of aryl methyl sites for hydroxylation is 1. The van der Waals surface area contributed by atoms with Gasteiger partial charge in [0.1, 0.15) is 5.01 Å². The first-order valence-corrected chi connectivity index (χ1v) is 8.07. The highest BCUT2D eigenvalue weighted by Crippen LogP contribution is 2.32. The van der Waals surface area contributed by atoms with E-state index in [2.05, 4.69) is 43.1 Å². The molecule has 2 nitrogen and oxygen atoms in total. The highest BCUT2D eigenvalue weighted by atomic mass is 32.1. The molecular formula is C17H19NOS. The Hall–Kier alpha value is -1.48. The third kappa shape index (κ3) is 2.68. The lowest BCUT2D eigenvalue weighted by Gasteiger charge is -2.06. The number of Topliss-reactive ketones (excluding diaryl/α,β-unsaturated/α-hetero) is 1. The van der Waals surface area contributed by atoms with Crippen LogP contribution in [-0.2, 0) is 12.8 Å². The topological polar surface area (TPSA) is 30.0 Å². The zero-order valence-corrected chi connectivity index (χ0v) is 12.8. The minimum absolute atomic E-state index is 0.270. The average Bonchev–Trinajstić information content (AvgIpc) is 2.84. The number of nitrogens with zero attached hydrogens (tertiary/aromatic N) is 1. The molecule has 0 spiro atoms. The number of carbonyl (C=O) groups is 1. The summed E-state index contributed by atoms with van der Waals surface area (Å²) in [6.07, 6.45) is 3.68. The summed E-state index contributed by atoms with van der Waals surface area (Å²) >= 11 is 1.56. The summed E-state index contributed by atoms with van der Waals surface area (Å²) in [7, 11) is 0. The van der Waals surface area contributed by atoms with E-state index < -0.39 is 0 Å². The second-order valence-corrected chi connectivity index (χ2v) is 6.87. The molecule has 1 heterocycles. The van der Waals surface area contributed by atoms with Crippen molar-refractivity contribution in [1.29, 1.82) is 0 Å². The van der Waals surface area contributed by atoms with E-state index in [0.29, 0.717) is 12.3 Å². The number of aromatic nitrogens is 1. The largest absolute Gasteiger partial charge is 0.293 e. The maximum atomic E-state index is 11.9. The summed E-state index contributed by atoms with van der Waals surface area (Å²) in [5.41, 5.74) is 3.50. The van der Waals surface area contributed by atoms with Gasteiger partial charge in [0.2, 0.25) is 0 Å². The standard InChI is InChI=1S/C17H19NOS/c1-11(2)10-12-6-8-13(9-7-12)17-18-14-4-3-5-15(19)16(14)20-17/h6-9,11H,3-5,10H2,1-2H3. The first-order chi connectivity index (χ1) is 9.63. The normalized spacial score (nSPS) is 14.7. The molecule has 1 aromatic heterocycles. The Kier molecular flexibility index (Phi) is 3.70. The fourth-order valence-electron chi connectivity index (χ4n) is 2.65. The molecule has 1 aliphatic carbocycles. The summed E-state index contributed by atoms with van der Waals surface area (Å²) in [4.78, 5) is 17.4. The summed E-state index contributed by atoms with van der Waals surface area (Å²) in [6.45, 7) is 4.46. The molecule has 1 aromatic carbocycles. The summed E-state index contributed by atoms with van der Waals surface area (Å²) < 4.78 is 0. The van der Waals surface area contributed by atoms with Crippen LogP contribution in [0.3, 0.4) is 0 Å². The second-order valence-electron chi connectivity index (χ2n) is 5.87. The lowest BCUT2D eigenvalue weighted by molar-refractivity contribution is 0.0976. The lowest BCUT2D eigenvalue weighted by atomic mass is 10.0. The number of hydrogen-bond acceptors (Lipinski definition) is 3. The summed E-state index contributed by atoms with van der Waals surface area (Å²) in [6, 6.07) is 8.62. The molecule has 0 amide bonds. The van der Waals surface area contributed by atoms with Crippen LogP contribution in [0.15, 0.2) is 24.3 Å². The van der Waals surface area contributed by atoms with Gasteiger partial charge < -0.3 is 0 Å². The van der Waals surface area contributed by atoms with Crippen LogP contribution in [0.5, 0.6) is 0 Å². The van der Waals surface area contributed by atoms with Crippen molar-refractivity contribution in [2.75, 3.05) is 0 Å². The van der Waals surface area contributed by atoms with Crippen molar-refractivity contribution >= 4 is 17.1 Å². The van der Waals surface area contributed by atoms with Gasteiger partial charge in [-0.25, -0.2) is 4.98 Å². The van der Waals surface area contributed by atoms with Crippen molar-refractivity contribution in [1.82, 2.24) is 4.98 Å². The molecular weight excluding hydrogens is 266 g/mol. The fraction of sp³-hybridized carbons (Fsp3) is 0.412. The predicted octanol–water partition coefficient (Wildman–Crippen LogP) is 4.53. The van der Waals surface area contributed by atoms with Gasteiger partial charge in [-0.1, -0.05) is 38.1 Å². The molecule has 0 bridgehead atoms. The second kappa shape index (κ2) is 5.49. The Balaban J connectivity index is 1.88. The van der Waals surface area contributed by atoms with Gasteiger partial charge in [-0.05, 0) is 30.7 Å². The Bertz CT molecular complexity index is 625. The van der Waals surface area contributed by atoms with Gasteiger partial charge in [0, 0.05) is 12.0 Å². The Morgan fingerprint density at radius 3 is 2.60 bits per heavy atom. The van der Waals surface area contributed by atoms with Crippen LogP contribution in [0, 0.1) is 5.92 Å². The first kappa shape index (κ1) is 13.5. The molecule has 104 valence electrons. The fourth-order valence-corrected chi connectivity index (χ4v) is 3.73. The van der Waals surface area contributed by atoms with Gasteiger partial charge >= 0.3 is 0 Å². The van der Waals surface area contributed by atoms with Crippen LogP contribution in [-0.4, -0.2) is 10.8 Å². The van der Waals surface area contributed by atoms with Crippen molar-refractivity contribution < 1.29 is 4.79 Å².